The topological polar surface area (TPSA) is 17.1 Å². The van der Waals surface area contributed by atoms with Gasteiger partial charge >= 0.3 is 62.0 Å². The Bertz CT molecular complexity index is 210. The fraction of sp³-hybridized carbons (Fsp3) is 0. The Kier molecular flexibility index (Phi) is 2.44. The molecule has 0 saturated carbocycles. The molecule has 0 aliphatic heterocycles. The van der Waals surface area contributed by atoms with Crippen LogP contribution in [0.5, 0.6) is 0 Å². The molecule has 1 unspecified atom stereocenters. The Morgan fingerprint density at radius 1 is 1.22 bits per heavy atom. The van der Waals surface area contributed by atoms with Crippen molar-refractivity contribution in [3.8, 4) is 0 Å². The van der Waals surface area contributed by atoms with E-state index in [-0.39, 0.29) is 0 Å². The summed E-state index contributed by atoms with van der Waals surface area (Å²) in [6.07, 6.45) is 0. The van der Waals surface area contributed by atoms with Gasteiger partial charge in [-0.15, -0.1) is 0 Å². The first kappa shape index (κ1) is 6.98. The Morgan fingerprint density at radius 3 is 2.11 bits per heavy atom. The van der Waals surface area contributed by atoms with Gasteiger partial charge in [-0.25, -0.2) is 0 Å². The van der Waals surface area contributed by atoms with E-state index in [1.54, 1.807) is 12.1 Å². The fourth-order valence-corrected chi connectivity index (χ4v) is 2.18. The second-order valence-electron chi connectivity index (χ2n) is 1.64. The van der Waals surface area contributed by atoms with E-state index in [1.807, 2.05) is 18.2 Å². The van der Waals surface area contributed by atoms with Gasteiger partial charge in [0.15, 0.2) is 0 Å². The summed E-state index contributed by atoms with van der Waals surface area (Å²) in [6.45, 7) is 0. The molecule has 0 aliphatic carbocycles. The minimum atomic E-state index is -2.54. The molecule has 1 rings (SSSR count). The Balaban J connectivity index is 2.98. The monoisotopic (exact) mass is 204 g/mol. The average Bonchev–Trinajstić information content (AvgIpc) is 1.90. The predicted molar refractivity (Wildman–Crippen MR) is 39.8 cm³/mol. The zero-order chi connectivity index (χ0) is 6.69. The molecule has 48 valence electrons. The summed E-state index contributed by atoms with van der Waals surface area (Å²) in [6, 6.07) is 9.12. The van der Waals surface area contributed by atoms with Crippen LogP contribution in [0.15, 0.2) is 30.3 Å². The molecule has 3 heteroatoms. The third-order valence-corrected chi connectivity index (χ3v) is 3.79. The quantitative estimate of drug-likeness (QED) is 0.618. The molecule has 9 heavy (non-hydrogen) atoms. The zero-order valence-electron chi connectivity index (χ0n) is 4.67. The molecule has 0 spiro atoms. The molecule has 0 fully saturated rings. The number of hydrogen-bond donors (Lipinski definition) is 0. The molecule has 0 heterocycles. The van der Waals surface area contributed by atoms with Crippen LogP contribution in [0.4, 0.5) is 0 Å². The Hall–Kier alpha value is -0.132. The first-order chi connectivity index (χ1) is 4.30. The van der Waals surface area contributed by atoms with Crippen molar-refractivity contribution in [2.24, 2.45) is 0 Å². The number of halogens is 1. The van der Waals surface area contributed by atoms with Gasteiger partial charge in [-0.2, -0.15) is 0 Å². The van der Waals surface area contributed by atoms with E-state index in [0.29, 0.717) is 0 Å². The molecule has 1 nitrogen and oxygen atoms in total. The van der Waals surface area contributed by atoms with E-state index in [4.69, 9.17) is 9.95 Å². The predicted octanol–water partition coefficient (Wildman–Crippen LogP) is 0.783. The summed E-state index contributed by atoms with van der Waals surface area (Å²) in [5, 5.41) is 0. The third kappa shape index (κ3) is 1.92. The summed E-state index contributed by atoms with van der Waals surface area (Å²) < 4.78 is 11.5. The zero-order valence-corrected chi connectivity index (χ0v) is 7.53. The van der Waals surface area contributed by atoms with Crippen molar-refractivity contribution in [2.45, 2.75) is 0 Å². The Morgan fingerprint density at radius 2 is 1.78 bits per heavy atom. The molecule has 0 aliphatic rings. The number of benzene rings is 1. The van der Waals surface area contributed by atoms with Crippen LogP contribution >= 0.6 is 9.95 Å². The first-order valence-electron chi connectivity index (χ1n) is 2.55. The maximum absolute atomic E-state index is 10.7. The molecule has 0 amide bonds. The minimum absolute atomic E-state index is 0.791. The molecule has 0 aromatic heterocycles. The van der Waals surface area contributed by atoms with E-state index in [0.717, 1.165) is 4.35 Å². The van der Waals surface area contributed by atoms with Gasteiger partial charge in [0.1, 0.15) is 0 Å². The van der Waals surface area contributed by atoms with Gasteiger partial charge in [0.05, 0.1) is 0 Å². The molecule has 0 bridgehead atoms. The van der Waals surface area contributed by atoms with Crippen molar-refractivity contribution in [1.82, 2.24) is 0 Å². The molecule has 0 N–H and O–H groups in total. The van der Waals surface area contributed by atoms with Gasteiger partial charge in [-0.1, -0.05) is 0 Å². The molecular weight excluding hydrogens is 198 g/mol. The molecule has 1 aromatic rings. The third-order valence-electron chi connectivity index (χ3n) is 1.00. The van der Waals surface area contributed by atoms with E-state index < -0.39 is 13.6 Å². The van der Waals surface area contributed by atoms with Crippen LogP contribution in [0.25, 0.3) is 0 Å². The Labute approximate surface area is 62.3 Å². The standard InChI is InChI=1S/C6H6AsClO/c8-7(9)6-4-2-1-3-5-6/h1-5,7H. The van der Waals surface area contributed by atoms with E-state index in [2.05, 4.69) is 0 Å². The first-order valence-corrected chi connectivity index (χ1v) is 7.22. The second-order valence-corrected chi connectivity index (χ2v) is 5.78. The number of rotatable bonds is 1. The molecule has 0 radical (unpaired) electrons. The van der Waals surface area contributed by atoms with Gasteiger partial charge in [-0.05, 0) is 0 Å². The van der Waals surface area contributed by atoms with Crippen molar-refractivity contribution in [2.75, 3.05) is 0 Å². The van der Waals surface area contributed by atoms with Crippen molar-refractivity contribution in [3.05, 3.63) is 30.3 Å². The normalized spacial score (nSPS) is 13.0. The molecular formula is C6H6AsClO. The van der Waals surface area contributed by atoms with Gasteiger partial charge in [0.2, 0.25) is 0 Å². The maximum atomic E-state index is 10.7. The van der Waals surface area contributed by atoms with Crippen LogP contribution in [0.2, 0.25) is 0 Å². The summed E-state index contributed by atoms with van der Waals surface area (Å²) >= 11 is -2.54. The van der Waals surface area contributed by atoms with Gasteiger partial charge in [-0.3, -0.25) is 0 Å². The van der Waals surface area contributed by atoms with Crippen LogP contribution in [0, 0.1) is 0 Å². The van der Waals surface area contributed by atoms with E-state index in [1.165, 1.54) is 0 Å². The summed E-state index contributed by atoms with van der Waals surface area (Å²) in [5.74, 6) is 0. The van der Waals surface area contributed by atoms with Crippen LogP contribution in [-0.4, -0.2) is 13.6 Å². The molecule has 1 aromatic carbocycles. The number of hydrogen-bond acceptors (Lipinski definition) is 1. The van der Waals surface area contributed by atoms with Crippen molar-refractivity contribution in [3.63, 3.8) is 0 Å². The van der Waals surface area contributed by atoms with Gasteiger partial charge < -0.3 is 0 Å². The SMILES string of the molecule is O=[AsH](Cl)c1ccccc1. The summed E-state index contributed by atoms with van der Waals surface area (Å²) in [5.41, 5.74) is 0. The molecule has 1 atom stereocenters. The van der Waals surface area contributed by atoms with Gasteiger partial charge in [0, 0.05) is 0 Å². The average molecular weight is 204 g/mol. The summed E-state index contributed by atoms with van der Waals surface area (Å²) in [7, 11) is 5.41. The van der Waals surface area contributed by atoms with Crippen LogP contribution in [0.1, 0.15) is 0 Å². The molecule has 0 saturated heterocycles. The van der Waals surface area contributed by atoms with Crippen LogP contribution < -0.4 is 4.35 Å². The van der Waals surface area contributed by atoms with Crippen LogP contribution in [0.3, 0.4) is 0 Å². The van der Waals surface area contributed by atoms with E-state index in [9.17, 15) is 3.74 Å². The van der Waals surface area contributed by atoms with E-state index >= 15 is 0 Å². The van der Waals surface area contributed by atoms with Crippen LogP contribution in [-0.2, 0) is 3.74 Å². The van der Waals surface area contributed by atoms with Gasteiger partial charge in [0.25, 0.3) is 0 Å². The second kappa shape index (κ2) is 3.14. The van der Waals surface area contributed by atoms with Crippen molar-refractivity contribution < 1.29 is 3.74 Å². The summed E-state index contributed by atoms with van der Waals surface area (Å²) in [4.78, 5) is 0. The van der Waals surface area contributed by atoms with Crippen molar-refractivity contribution in [1.29, 1.82) is 0 Å². The van der Waals surface area contributed by atoms with Crippen molar-refractivity contribution >= 4 is 28.0 Å². The fourth-order valence-electron chi connectivity index (χ4n) is 0.569.